The lowest BCUT2D eigenvalue weighted by Crippen LogP contribution is -2.58. The number of sulfonamides is 1. The molecule has 0 aliphatic rings. The van der Waals surface area contributed by atoms with Gasteiger partial charge in [-0.15, -0.1) is 0 Å². The van der Waals surface area contributed by atoms with Gasteiger partial charge in [-0.3, -0.25) is 33.8 Å². The molecule has 5 aromatic carbocycles. The number of amides is 6. The molecular weight excluding hydrogens is 1180 g/mol. The summed E-state index contributed by atoms with van der Waals surface area (Å²) in [5, 5.41) is 16.7. The number of aliphatic imine (C=N–C) groups is 1. The number of carbonyl (C=O) groups is 7. The van der Waals surface area contributed by atoms with E-state index in [1.807, 2.05) is 12.1 Å². The third kappa shape index (κ3) is 24.9. The Hall–Kier alpha value is -8.25. The molecule has 5 atom stereocenters. The number of rotatable bonds is 32. The average Bonchev–Trinajstić information content (AvgIpc) is 3.53. The van der Waals surface area contributed by atoms with Gasteiger partial charge in [-0.05, 0) is 99.5 Å². The smallest absolute Gasteiger partial charge is 0.408 e. The van der Waals surface area contributed by atoms with E-state index in [1.165, 1.54) is 12.1 Å². The number of halogens is 2. The van der Waals surface area contributed by atoms with Gasteiger partial charge in [0.1, 0.15) is 48.7 Å². The number of esters is 1. The second-order valence-electron chi connectivity index (χ2n) is 21.3. The number of nitrogens with two attached hydrogens (primary N) is 1. The zero-order valence-corrected chi connectivity index (χ0v) is 51.8. The summed E-state index contributed by atoms with van der Waals surface area (Å²) in [6, 6.07) is 30.7. The Kier molecular flexibility index (Phi) is 27.8. The molecule has 9 N–H and O–H groups in total. The third-order valence-corrected chi connectivity index (χ3v) is 15.2. The summed E-state index contributed by atoms with van der Waals surface area (Å²) in [7, 11) is -4.07. The van der Waals surface area contributed by atoms with Crippen molar-refractivity contribution in [2.45, 2.75) is 128 Å². The molecule has 0 unspecified atom stereocenters. The fourth-order valence-electron chi connectivity index (χ4n) is 8.18. The molecule has 0 bridgehead atoms. The Bertz CT molecular complexity index is 3210. The summed E-state index contributed by atoms with van der Waals surface area (Å²) < 4.78 is 50.7. The molecular formula is C62H77Cl2N9O13S. The third-order valence-electron chi connectivity index (χ3n) is 13.1. The molecule has 468 valence electrons. The Balaban J connectivity index is 1.28. The van der Waals surface area contributed by atoms with Gasteiger partial charge in [0.25, 0.3) is 10.0 Å². The van der Waals surface area contributed by atoms with Crippen molar-refractivity contribution in [2.75, 3.05) is 26.2 Å². The summed E-state index contributed by atoms with van der Waals surface area (Å²) in [6.07, 6.45) is -0.739. The summed E-state index contributed by atoms with van der Waals surface area (Å²) >= 11 is 12.6. The number of carbonyl (C=O) groups excluding carboxylic acids is 7. The lowest BCUT2D eigenvalue weighted by atomic mass is 9.97. The van der Waals surface area contributed by atoms with Gasteiger partial charge in [0.15, 0.2) is 0 Å². The van der Waals surface area contributed by atoms with Crippen LogP contribution in [-0.4, -0.2) is 112 Å². The number of aryl methyl sites for hydroxylation is 1. The van der Waals surface area contributed by atoms with Crippen molar-refractivity contribution in [2.24, 2.45) is 16.6 Å². The lowest BCUT2D eigenvalue weighted by Gasteiger charge is -2.27. The largest absolute Gasteiger partial charge is 0.489 e. The number of hydrogen-bond acceptors (Lipinski definition) is 14. The maximum atomic E-state index is 14.3. The minimum Gasteiger partial charge on any atom is -0.489 e. The van der Waals surface area contributed by atoms with Crippen molar-refractivity contribution in [1.82, 2.24) is 36.6 Å². The van der Waals surface area contributed by atoms with E-state index in [4.69, 9.17) is 47.9 Å². The quantitative estimate of drug-likeness (QED) is 0.00990. The lowest BCUT2D eigenvalue weighted by molar-refractivity contribution is -0.145. The highest BCUT2D eigenvalue weighted by atomic mass is 35.5. The van der Waals surface area contributed by atoms with Gasteiger partial charge in [0.2, 0.25) is 35.5 Å². The average molecular weight is 1260 g/mol. The van der Waals surface area contributed by atoms with Crippen molar-refractivity contribution in [3.8, 4) is 5.75 Å². The van der Waals surface area contributed by atoms with E-state index in [2.05, 4.69) is 41.6 Å². The summed E-state index contributed by atoms with van der Waals surface area (Å²) in [5.41, 5.74) is 8.62. The van der Waals surface area contributed by atoms with Crippen LogP contribution in [0.5, 0.6) is 5.75 Å². The Labute approximate surface area is 517 Å². The van der Waals surface area contributed by atoms with Crippen LogP contribution in [0.2, 0.25) is 10.0 Å². The van der Waals surface area contributed by atoms with E-state index in [0.717, 1.165) is 16.7 Å². The van der Waals surface area contributed by atoms with Crippen LogP contribution >= 0.6 is 23.2 Å². The summed E-state index contributed by atoms with van der Waals surface area (Å²) in [4.78, 5) is 100. The maximum Gasteiger partial charge on any atom is 0.408 e. The fraction of sp³-hybridized carbons (Fsp3) is 0.387. The molecule has 0 aromatic heterocycles. The van der Waals surface area contributed by atoms with Crippen LogP contribution in [0.1, 0.15) is 88.1 Å². The van der Waals surface area contributed by atoms with E-state index in [1.54, 1.807) is 145 Å². The number of benzene rings is 5. The summed E-state index contributed by atoms with van der Waals surface area (Å²) in [6.45, 7) is 9.10. The van der Waals surface area contributed by atoms with Gasteiger partial charge in [-0.1, -0.05) is 140 Å². The highest BCUT2D eigenvalue weighted by Gasteiger charge is 2.33. The molecule has 5 aromatic rings. The predicted octanol–water partition coefficient (Wildman–Crippen LogP) is 6.47. The molecule has 0 saturated heterocycles. The van der Waals surface area contributed by atoms with Crippen LogP contribution in [0.4, 0.5) is 4.79 Å². The first-order valence-electron chi connectivity index (χ1n) is 28.2. The Morgan fingerprint density at radius 1 is 0.667 bits per heavy atom. The highest BCUT2D eigenvalue weighted by Crippen LogP contribution is 2.26. The van der Waals surface area contributed by atoms with Crippen molar-refractivity contribution >= 4 is 80.8 Å². The Morgan fingerprint density at radius 3 is 1.91 bits per heavy atom. The normalized spacial score (nSPS) is 13.3. The fourth-order valence-corrected chi connectivity index (χ4v) is 9.63. The molecule has 0 aliphatic carbocycles. The van der Waals surface area contributed by atoms with Crippen molar-refractivity contribution in [3.63, 3.8) is 0 Å². The first-order chi connectivity index (χ1) is 41.4. The zero-order chi connectivity index (χ0) is 63.5. The molecule has 87 heavy (non-hydrogen) atoms. The second-order valence-corrected chi connectivity index (χ2v) is 23.8. The van der Waals surface area contributed by atoms with Crippen LogP contribution in [0, 0.1) is 12.8 Å². The van der Waals surface area contributed by atoms with Crippen molar-refractivity contribution in [1.29, 1.82) is 0 Å². The van der Waals surface area contributed by atoms with Crippen LogP contribution in [0.25, 0.3) is 0 Å². The number of nitrogens with one attached hydrogen (secondary N) is 7. The van der Waals surface area contributed by atoms with Gasteiger partial charge in [0, 0.05) is 35.1 Å². The number of ether oxygens (including phenoxy) is 4. The minimum atomic E-state index is -4.07. The molecule has 0 aliphatic heterocycles. The molecule has 5 rings (SSSR count). The maximum absolute atomic E-state index is 14.3. The number of alkyl carbamates (subject to hydrolysis) is 1. The van der Waals surface area contributed by atoms with Gasteiger partial charge in [-0.2, -0.15) is 0 Å². The van der Waals surface area contributed by atoms with Gasteiger partial charge < -0.3 is 56.6 Å². The number of nitrogens with zero attached hydrogens (tertiary/aromatic N) is 1. The highest BCUT2D eigenvalue weighted by molar-refractivity contribution is 7.90. The van der Waals surface area contributed by atoms with Crippen LogP contribution in [0.15, 0.2) is 137 Å². The van der Waals surface area contributed by atoms with E-state index in [-0.39, 0.29) is 63.5 Å². The molecule has 0 fully saturated rings. The predicted molar refractivity (Wildman–Crippen MR) is 330 cm³/mol. The van der Waals surface area contributed by atoms with Crippen molar-refractivity contribution < 1.29 is 60.9 Å². The first-order valence-corrected chi connectivity index (χ1v) is 30.4. The van der Waals surface area contributed by atoms with Crippen LogP contribution in [-0.2, 0) is 79.2 Å². The molecule has 6 amide bonds. The SMILES string of the molecule is CC[C@H](C)[C@H](NC(=O)[C@H](Cc1ccc(OCc2c(Cl)cccc2Cl)cc1)NC(=O)OC(C)(C)C)C(=O)NCC(=O)N[C@@H](COCc1ccccc1)C(=O)N[C@@H](CCCN=C(N)NS(=O)(=O)c1ccc(C)cc1)C(=O)NCCC(=O)OCc1ccccc1. The van der Waals surface area contributed by atoms with Crippen LogP contribution in [0.3, 0.4) is 0 Å². The standard InChI is InChI=1S/C62H77Cl2N9O13S/c1-7-41(3)55(72-57(77)51(71-61(80)86-62(4,5)6)34-42-25-27-45(28-26-42)84-38-47-48(63)20-14-21-49(47)64)59(79)68-35-53(74)69-52(39-83-36-43-16-10-8-11-17-43)58(78)70-50(56(76)66-33-31-54(75)85-37-44-18-12-9-13-19-44)22-15-32-67-60(65)73-87(81,82)46-29-23-40(2)24-30-46/h8-14,16-21,23-30,41,50-52,55H,7,15,22,31-39H2,1-6H3,(H,66,76)(H,68,79)(H,69,74)(H,70,78)(H,71,80)(H,72,77)(H3,65,67,73)/t41-,50-,51-,52-,55-/m0/s1. The van der Waals surface area contributed by atoms with E-state index in [9.17, 15) is 42.0 Å². The van der Waals surface area contributed by atoms with Crippen molar-refractivity contribution in [3.05, 3.63) is 165 Å². The van der Waals surface area contributed by atoms with Gasteiger partial charge in [0.05, 0.1) is 31.1 Å². The monoisotopic (exact) mass is 1260 g/mol. The molecule has 0 saturated carbocycles. The molecule has 25 heteroatoms. The number of guanidine groups is 1. The number of hydrogen-bond donors (Lipinski definition) is 8. The molecule has 0 spiro atoms. The Morgan fingerprint density at radius 2 is 1.29 bits per heavy atom. The second kappa shape index (κ2) is 34.8. The molecule has 22 nitrogen and oxygen atoms in total. The molecule has 0 heterocycles. The molecule has 0 radical (unpaired) electrons. The zero-order valence-electron chi connectivity index (χ0n) is 49.5. The summed E-state index contributed by atoms with van der Waals surface area (Å²) in [5.74, 6) is -4.94. The minimum absolute atomic E-state index is 0.0173. The van der Waals surface area contributed by atoms with E-state index in [0.29, 0.717) is 33.3 Å². The van der Waals surface area contributed by atoms with E-state index >= 15 is 0 Å². The topological polar surface area (TPSA) is 313 Å². The van der Waals surface area contributed by atoms with Gasteiger partial charge >= 0.3 is 12.1 Å². The van der Waals surface area contributed by atoms with Gasteiger partial charge in [-0.25, -0.2) is 17.9 Å². The van der Waals surface area contributed by atoms with E-state index < -0.39 is 106 Å². The first kappa shape index (κ1) is 69.5. The van der Waals surface area contributed by atoms with Crippen LogP contribution < -0.4 is 47.1 Å².